The molecule has 3 nitrogen and oxygen atoms in total. The van der Waals surface area contributed by atoms with Crippen molar-refractivity contribution >= 4 is 7.60 Å². The molecule has 2 atom stereocenters. The monoisotopic (exact) mass is 206 g/mol. The Bertz CT molecular complexity index is 191. The number of hydrogen-bond donors (Lipinski definition) is 1. The van der Waals surface area contributed by atoms with E-state index in [1.807, 2.05) is 6.92 Å². The lowest BCUT2D eigenvalue weighted by molar-refractivity contribution is 0.185. The Kier molecular flexibility index (Phi) is 6.31. The summed E-state index contributed by atoms with van der Waals surface area (Å²) in [6, 6.07) is 0. The maximum Gasteiger partial charge on any atom is 0.328 e. The summed E-state index contributed by atoms with van der Waals surface area (Å²) in [6.07, 6.45) is 4.00. The lowest BCUT2D eigenvalue weighted by atomic mass is 10.3. The van der Waals surface area contributed by atoms with Gasteiger partial charge in [0.05, 0.1) is 12.3 Å². The quantitative estimate of drug-likeness (QED) is 0.395. The van der Waals surface area contributed by atoms with Gasteiger partial charge < -0.3 is 9.42 Å². The Morgan fingerprint density at radius 1 is 1.69 bits per heavy atom. The molecule has 4 heteroatoms. The van der Waals surface area contributed by atoms with Crippen molar-refractivity contribution in [1.29, 1.82) is 0 Å². The molecule has 78 valence electrons. The van der Waals surface area contributed by atoms with Gasteiger partial charge in [-0.1, -0.05) is 13.0 Å². The Balaban J connectivity index is 3.79. The van der Waals surface area contributed by atoms with E-state index in [4.69, 9.17) is 4.52 Å². The van der Waals surface area contributed by atoms with Gasteiger partial charge in [0.15, 0.2) is 0 Å². The van der Waals surface area contributed by atoms with Crippen LogP contribution in [0.15, 0.2) is 12.7 Å². The molecule has 0 aliphatic rings. The van der Waals surface area contributed by atoms with Crippen LogP contribution in [0.3, 0.4) is 0 Å². The number of allylic oxidation sites excluding steroid dienone is 1. The van der Waals surface area contributed by atoms with E-state index < -0.39 is 7.60 Å². The number of rotatable bonds is 7. The third-order valence-electron chi connectivity index (χ3n) is 1.77. The second-order valence-electron chi connectivity index (χ2n) is 3.12. The largest absolute Gasteiger partial charge is 0.328 e. The fourth-order valence-electron chi connectivity index (χ4n) is 0.844. The van der Waals surface area contributed by atoms with Gasteiger partial charge in [-0.2, -0.15) is 0 Å². The minimum atomic E-state index is -3.34. The van der Waals surface area contributed by atoms with Gasteiger partial charge in [0.2, 0.25) is 0 Å². The Morgan fingerprint density at radius 2 is 2.31 bits per heavy atom. The van der Waals surface area contributed by atoms with E-state index in [-0.39, 0.29) is 12.3 Å². The van der Waals surface area contributed by atoms with E-state index in [0.717, 1.165) is 12.8 Å². The first-order valence-corrected chi connectivity index (χ1v) is 6.39. The summed E-state index contributed by atoms with van der Waals surface area (Å²) in [4.78, 5) is 9.34. The van der Waals surface area contributed by atoms with Gasteiger partial charge in [0.25, 0.3) is 0 Å². The average molecular weight is 206 g/mol. The van der Waals surface area contributed by atoms with Crippen LogP contribution in [0.25, 0.3) is 0 Å². The minimum Gasteiger partial charge on any atom is -0.324 e. The van der Waals surface area contributed by atoms with Crippen molar-refractivity contribution in [3.05, 3.63) is 12.7 Å². The van der Waals surface area contributed by atoms with Crippen LogP contribution in [0.1, 0.15) is 33.1 Å². The molecule has 0 aromatic carbocycles. The molecule has 0 radical (unpaired) electrons. The summed E-state index contributed by atoms with van der Waals surface area (Å²) in [7, 11) is -3.34. The van der Waals surface area contributed by atoms with Crippen molar-refractivity contribution < 1.29 is 14.0 Å². The molecule has 0 rings (SSSR count). The maximum absolute atomic E-state index is 11.4. The first-order valence-electron chi connectivity index (χ1n) is 4.63. The number of unbranched alkanes of at least 4 members (excludes halogenated alkanes) is 1. The van der Waals surface area contributed by atoms with Gasteiger partial charge in [-0.3, -0.25) is 4.57 Å². The van der Waals surface area contributed by atoms with E-state index in [2.05, 4.69) is 6.58 Å². The zero-order valence-electron chi connectivity index (χ0n) is 8.40. The molecule has 0 aromatic rings. The maximum atomic E-state index is 11.4. The lowest BCUT2D eigenvalue weighted by Gasteiger charge is -2.16. The minimum absolute atomic E-state index is 0.139. The van der Waals surface area contributed by atoms with Gasteiger partial charge in [-0.15, -0.1) is 6.58 Å². The second kappa shape index (κ2) is 6.36. The van der Waals surface area contributed by atoms with Crippen LogP contribution < -0.4 is 0 Å². The molecular weight excluding hydrogens is 187 g/mol. The molecule has 0 spiro atoms. The second-order valence-corrected chi connectivity index (χ2v) is 5.05. The van der Waals surface area contributed by atoms with Crippen molar-refractivity contribution in [2.45, 2.75) is 39.2 Å². The molecule has 2 unspecified atom stereocenters. The SMILES string of the molecule is C=CCCCP(=O)(O)OC(C)CC. The predicted octanol–water partition coefficient (Wildman–Crippen LogP) is 2.95. The van der Waals surface area contributed by atoms with E-state index >= 15 is 0 Å². The highest BCUT2D eigenvalue weighted by atomic mass is 31.2. The van der Waals surface area contributed by atoms with Gasteiger partial charge in [-0.25, -0.2) is 0 Å². The Labute approximate surface area is 80.3 Å². The first-order chi connectivity index (χ1) is 6.02. The molecule has 0 heterocycles. The van der Waals surface area contributed by atoms with Gasteiger partial charge in [0.1, 0.15) is 0 Å². The van der Waals surface area contributed by atoms with E-state index in [0.29, 0.717) is 6.42 Å². The molecule has 0 amide bonds. The Hall–Kier alpha value is -0.110. The highest BCUT2D eigenvalue weighted by Crippen LogP contribution is 2.44. The topological polar surface area (TPSA) is 46.5 Å². The molecular formula is C9H19O3P. The third-order valence-corrected chi connectivity index (χ3v) is 3.34. The predicted molar refractivity (Wildman–Crippen MR) is 55.0 cm³/mol. The van der Waals surface area contributed by atoms with Crippen LogP contribution in [-0.4, -0.2) is 17.2 Å². The summed E-state index contributed by atoms with van der Waals surface area (Å²) >= 11 is 0. The summed E-state index contributed by atoms with van der Waals surface area (Å²) < 4.78 is 16.4. The van der Waals surface area contributed by atoms with Crippen molar-refractivity contribution in [2.24, 2.45) is 0 Å². The lowest BCUT2D eigenvalue weighted by Crippen LogP contribution is -2.06. The first kappa shape index (κ1) is 12.9. The number of hydrogen-bond acceptors (Lipinski definition) is 2. The van der Waals surface area contributed by atoms with Gasteiger partial charge in [0, 0.05) is 0 Å². The summed E-state index contributed by atoms with van der Waals surface area (Å²) in [5.74, 6) is 0. The summed E-state index contributed by atoms with van der Waals surface area (Å²) in [6.45, 7) is 7.27. The van der Waals surface area contributed by atoms with Crippen LogP contribution in [0, 0.1) is 0 Å². The van der Waals surface area contributed by atoms with Crippen molar-refractivity contribution in [1.82, 2.24) is 0 Å². The molecule has 0 aliphatic heterocycles. The smallest absolute Gasteiger partial charge is 0.324 e. The zero-order chi connectivity index (χ0) is 10.3. The molecule has 0 fully saturated rings. The fraction of sp³-hybridized carbons (Fsp3) is 0.778. The highest BCUT2D eigenvalue weighted by molar-refractivity contribution is 7.52. The van der Waals surface area contributed by atoms with Crippen LogP contribution in [-0.2, 0) is 9.09 Å². The molecule has 0 aliphatic carbocycles. The zero-order valence-corrected chi connectivity index (χ0v) is 9.30. The standard InChI is InChI=1S/C9H19O3P/c1-4-6-7-8-13(10,11)12-9(3)5-2/h4,9H,1,5-8H2,2-3H3,(H,10,11). The van der Waals surface area contributed by atoms with Gasteiger partial charge >= 0.3 is 7.60 Å². The molecule has 0 aromatic heterocycles. The van der Waals surface area contributed by atoms with Crippen LogP contribution in [0.2, 0.25) is 0 Å². The Morgan fingerprint density at radius 3 is 2.77 bits per heavy atom. The van der Waals surface area contributed by atoms with Crippen LogP contribution in [0.4, 0.5) is 0 Å². The average Bonchev–Trinajstić information content (AvgIpc) is 2.03. The van der Waals surface area contributed by atoms with E-state index in [9.17, 15) is 9.46 Å². The van der Waals surface area contributed by atoms with Crippen LogP contribution in [0.5, 0.6) is 0 Å². The molecule has 0 saturated heterocycles. The van der Waals surface area contributed by atoms with Crippen molar-refractivity contribution in [2.75, 3.05) is 6.16 Å². The van der Waals surface area contributed by atoms with E-state index in [1.54, 1.807) is 13.0 Å². The highest BCUT2D eigenvalue weighted by Gasteiger charge is 2.20. The summed E-state index contributed by atoms with van der Waals surface area (Å²) in [5, 5.41) is 0. The summed E-state index contributed by atoms with van der Waals surface area (Å²) in [5.41, 5.74) is 0. The molecule has 0 saturated carbocycles. The van der Waals surface area contributed by atoms with Crippen LogP contribution >= 0.6 is 7.60 Å². The van der Waals surface area contributed by atoms with Crippen molar-refractivity contribution in [3.63, 3.8) is 0 Å². The third kappa shape index (κ3) is 7.00. The molecule has 1 N–H and O–H groups in total. The molecule has 0 bridgehead atoms. The van der Waals surface area contributed by atoms with Gasteiger partial charge in [-0.05, 0) is 26.2 Å². The van der Waals surface area contributed by atoms with Crippen molar-refractivity contribution in [3.8, 4) is 0 Å². The molecule has 13 heavy (non-hydrogen) atoms. The fourth-order valence-corrected chi connectivity index (χ4v) is 2.24. The van der Waals surface area contributed by atoms with E-state index in [1.165, 1.54) is 0 Å². The normalized spacial score (nSPS) is 17.8.